The van der Waals surface area contributed by atoms with Crippen LogP contribution >= 0.6 is 7.82 Å². The molecule has 3 unspecified atom stereocenters. The van der Waals surface area contributed by atoms with Crippen molar-refractivity contribution >= 4 is 19.7 Å². The molecule has 76 heavy (non-hydrogen) atoms. The van der Waals surface area contributed by atoms with E-state index < -0.39 is 20.0 Å². The normalized spacial score (nSPS) is 14.4. The summed E-state index contributed by atoms with van der Waals surface area (Å²) >= 11 is 0. The van der Waals surface area contributed by atoms with Crippen LogP contribution in [0.15, 0.2) is 97.2 Å². The number of likely N-dealkylation sites (N-methyl/N-ethyl adjacent to an activating group) is 1. The van der Waals surface area contributed by atoms with E-state index in [1.165, 1.54) is 96.3 Å². The van der Waals surface area contributed by atoms with Gasteiger partial charge < -0.3 is 19.4 Å². The Morgan fingerprint density at radius 3 is 1.26 bits per heavy atom. The lowest BCUT2D eigenvalue weighted by Crippen LogP contribution is -2.47. The van der Waals surface area contributed by atoms with E-state index in [1.807, 2.05) is 33.3 Å². The molecule has 0 fully saturated rings. The predicted molar refractivity (Wildman–Crippen MR) is 327 cm³/mol. The van der Waals surface area contributed by atoms with Gasteiger partial charge in [-0.3, -0.25) is 18.6 Å². The van der Waals surface area contributed by atoms with E-state index >= 15 is 0 Å². The molecule has 0 aliphatic rings. The average Bonchev–Trinajstić information content (AvgIpc) is 3.38. The van der Waals surface area contributed by atoms with Gasteiger partial charge in [0.25, 0.3) is 0 Å². The topological polar surface area (TPSA) is 111 Å². The molecule has 0 aromatic rings. The van der Waals surface area contributed by atoms with Crippen LogP contribution in [0.1, 0.15) is 258 Å². The SMILES string of the molecule is CC/C=C\C/C=C\C/C=C\C/C=C\C/C=C\CCCCCCCCCC(=O)OC(/C=C\CCCCCCCCCCCCC)C(COP(=O)(O)OCC[N+](C)(C)C)NC(=O)CCCCCCCCC/C=C/C/C=C/CC. The van der Waals surface area contributed by atoms with Crippen molar-refractivity contribution in [3.8, 4) is 0 Å². The molecule has 0 saturated heterocycles. The van der Waals surface area contributed by atoms with Gasteiger partial charge in [-0.15, -0.1) is 0 Å². The Labute approximate surface area is 468 Å². The van der Waals surface area contributed by atoms with Crippen LogP contribution in [0.25, 0.3) is 0 Å². The molecule has 2 N–H and O–H groups in total. The Bertz CT molecular complexity index is 1620. The quantitative estimate of drug-likeness (QED) is 0.0205. The second-order valence-corrected chi connectivity index (χ2v) is 23.3. The van der Waals surface area contributed by atoms with Gasteiger partial charge in [0.1, 0.15) is 19.3 Å². The number of nitrogens with zero attached hydrogens (tertiary/aromatic N) is 1. The van der Waals surface area contributed by atoms with Gasteiger partial charge in [0.2, 0.25) is 5.91 Å². The lowest BCUT2D eigenvalue weighted by molar-refractivity contribution is -0.870. The number of hydrogen-bond acceptors (Lipinski definition) is 6. The number of nitrogens with one attached hydrogen (secondary N) is 1. The number of quaternary nitrogens is 1. The highest BCUT2D eigenvalue weighted by molar-refractivity contribution is 7.47. The molecular formula is C66H118N2O7P+. The van der Waals surface area contributed by atoms with Crippen LogP contribution < -0.4 is 5.32 Å². The van der Waals surface area contributed by atoms with Crippen LogP contribution in [0, 0.1) is 0 Å². The highest BCUT2D eigenvalue weighted by atomic mass is 31.2. The maximum atomic E-state index is 13.5. The Balaban J connectivity index is 5.27. The number of unbranched alkanes of at least 4 members (excludes halogenated alkanes) is 25. The van der Waals surface area contributed by atoms with E-state index in [-0.39, 0.29) is 31.5 Å². The number of hydrogen-bond donors (Lipinski definition) is 2. The average molecular weight is 1080 g/mol. The van der Waals surface area contributed by atoms with Gasteiger partial charge in [-0.25, -0.2) is 4.57 Å². The van der Waals surface area contributed by atoms with Crippen molar-refractivity contribution in [3.63, 3.8) is 0 Å². The number of rotatable bonds is 55. The summed E-state index contributed by atoms with van der Waals surface area (Å²) in [4.78, 5) is 37.7. The van der Waals surface area contributed by atoms with Crippen molar-refractivity contribution in [2.45, 2.75) is 270 Å². The van der Waals surface area contributed by atoms with Crippen LogP contribution in [-0.4, -0.2) is 74.3 Å². The summed E-state index contributed by atoms with van der Waals surface area (Å²) in [5, 5.41) is 3.05. The van der Waals surface area contributed by atoms with Crippen molar-refractivity contribution < 1.29 is 37.3 Å². The zero-order chi connectivity index (χ0) is 55.7. The predicted octanol–water partition coefficient (Wildman–Crippen LogP) is 19.2. The molecule has 0 bridgehead atoms. The van der Waals surface area contributed by atoms with E-state index in [2.05, 4.69) is 111 Å². The van der Waals surface area contributed by atoms with E-state index in [0.29, 0.717) is 17.4 Å². The zero-order valence-corrected chi connectivity index (χ0v) is 50.9. The summed E-state index contributed by atoms with van der Waals surface area (Å²) in [6.45, 7) is 6.78. The van der Waals surface area contributed by atoms with Crippen LogP contribution in [0.3, 0.4) is 0 Å². The minimum absolute atomic E-state index is 0.0324. The maximum Gasteiger partial charge on any atom is 0.472 e. The van der Waals surface area contributed by atoms with Crippen LogP contribution in [0.5, 0.6) is 0 Å². The monoisotopic (exact) mass is 1080 g/mol. The lowest BCUT2D eigenvalue weighted by atomic mass is 10.0. The Morgan fingerprint density at radius 2 is 0.842 bits per heavy atom. The number of ether oxygens (including phenoxy) is 1. The van der Waals surface area contributed by atoms with Crippen molar-refractivity contribution in [2.75, 3.05) is 40.9 Å². The fraction of sp³-hybridized carbons (Fsp3) is 0.727. The molecule has 9 nitrogen and oxygen atoms in total. The molecule has 0 saturated carbocycles. The standard InChI is InChI=1S/C66H117N2O7P/c1-7-10-13-16-19-22-25-28-30-31-32-33-34-35-36-37-38-41-44-47-50-53-56-59-66(70)75-64(57-54-51-48-45-42-39-27-24-21-18-15-12-9-3)63(62-74-76(71,72)73-61-60-68(4,5)6)67-65(69)58-55-52-49-46-43-40-29-26-23-20-17-14-11-8-2/h10-11,13-14,19-20,22-23,28,30,32-33,35-36,54,57,63-64H,7-9,12,15-18,21,24-27,29,31,34,37-53,55-56,58-62H2,1-6H3,(H-,67,69,71,72)/p+1/b13-10-,14-11+,22-19-,23-20+,30-28-,33-32-,36-35-,57-54-. The second kappa shape index (κ2) is 55.3. The molecule has 438 valence electrons. The van der Waals surface area contributed by atoms with Gasteiger partial charge in [0, 0.05) is 12.8 Å². The summed E-state index contributed by atoms with van der Waals surface area (Å²) in [5.41, 5.74) is 0. The Kier molecular flexibility index (Phi) is 53.0. The highest BCUT2D eigenvalue weighted by Gasteiger charge is 2.30. The summed E-state index contributed by atoms with van der Waals surface area (Å²) < 4.78 is 30.7. The maximum absolute atomic E-state index is 13.5. The summed E-state index contributed by atoms with van der Waals surface area (Å²) in [6.07, 6.45) is 74.0. The van der Waals surface area contributed by atoms with E-state index in [0.717, 1.165) is 128 Å². The van der Waals surface area contributed by atoms with Crippen LogP contribution in [0.2, 0.25) is 0 Å². The van der Waals surface area contributed by atoms with Crippen LogP contribution in [0.4, 0.5) is 0 Å². The first-order valence-corrected chi connectivity index (χ1v) is 32.6. The second-order valence-electron chi connectivity index (χ2n) is 21.8. The van der Waals surface area contributed by atoms with Gasteiger partial charge in [-0.1, -0.05) is 240 Å². The van der Waals surface area contributed by atoms with Crippen molar-refractivity contribution in [3.05, 3.63) is 97.2 Å². The lowest BCUT2D eigenvalue weighted by Gasteiger charge is -2.27. The molecule has 0 heterocycles. The first-order valence-electron chi connectivity index (χ1n) is 31.1. The van der Waals surface area contributed by atoms with Gasteiger partial charge in [-0.2, -0.15) is 0 Å². The van der Waals surface area contributed by atoms with Crippen LogP contribution in [-0.2, 0) is 27.9 Å². The number of carbonyl (C=O) groups excluding carboxylic acids is 2. The van der Waals surface area contributed by atoms with Crippen molar-refractivity contribution in [1.29, 1.82) is 0 Å². The fourth-order valence-electron chi connectivity index (χ4n) is 8.53. The third-order valence-corrected chi connectivity index (χ3v) is 14.3. The molecular weight excluding hydrogens is 964 g/mol. The number of phosphoric acid groups is 1. The number of phosphoric ester groups is 1. The number of esters is 1. The Morgan fingerprint density at radius 1 is 0.474 bits per heavy atom. The molecule has 0 aliphatic heterocycles. The third-order valence-electron chi connectivity index (χ3n) is 13.3. The number of carbonyl (C=O) groups is 2. The minimum atomic E-state index is -4.46. The summed E-state index contributed by atoms with van der Waals surface area (Å²) in [5.74, 6) is -0.530. The van der Waals surface area contributed by atoms with Gasteiger partial charge in [0.05, 0.1) is 33.8 Å². The fourth-order valence-corrected chi connectivity index (χ4v) is 9.27. The number of allylic oxidation sites excluding steroid dienone is 15. The smallest absolute Gasteiger partial charge is 0.456 e. The molecule has 0 spiro atoms. The molecule has 1 amide bonds. The largest absolute Gasteiger partial charge is 0.472 e. The van der Waals surface area contributed by atoms with Crippen molar-refractivity contribution in [1.82, 2.24) is 5.32 Å². The summed E-state index contributed by atoms with van der Waals surface area (Å²) in [7, 11) is 1.47. The molecule has 0 aromatic heterocycles. The number of amides is 1. The molecule has 0 rings (SSSR count). The first-order chi connectivity index (χ1) is 36.9. The van der Waals surface area contributed by atoms with Gasteiger partial charge >= 0.3 is 13.8 Å². The molecule has 3 atom stereocenters. The van der Waals surface area contributed by atoms with E-state index in [4.69, 9.17) is 13.8 Å². The van der Waals surface area contributed by atoms with Crippen molar-refractivity contribution in [2.24, 2.45) is 0 Å². The highest BCUT2D eigenvalue weighted by Crippen LogP contribution is 2.43. The van der Waals surface area contributed by atoms with E-state index in [9.17, 15) is 19.0 Å². The molecule has 0 aliphatic carbocycles. The zero-order valence-electron chi connectivity index (χ0n) is 50.0. The molecule has 10 heteroatoms. The Hall–Kier alpha value is -3.07. The van der Waals surface area contributed by atoms with E-state index in [1.54, 1.807) is 0 Å². The van der Waals surface area contributed by atoms with Gasteiger partial charge in [0.15, 0.2) is 0 Å². The molecule has 0 aromatic carbocycles. The molecule has 0 radical (unpaired) electrons. The third kappa shape index (κ3) is 55.7. The first kappa shape index (κ1) is 72.9. The summed E-state index contributed by atoms with van der Waals surface area (Å²) in [6, 6.07) is -0.862. The minimum Gasteiger partial charge on any atom is -0.456 e. The van der Waals surface area contributed by atoms with Gasteiger partial charge in [-0.05, 0) is 102 Å².